The third-order valence-corrected chi connectivity index (χ3v) is 2.85. The molecule has 0 radical (unpaired) electrons. The maximum atomic E-state index is 11.9. The van der Waals surface area contributed by atoms with Crippen molar-refractivity contribution in [1.29, 1.82) is 0 Å². The standard InChI is InChI=1S/C14H15N3O2/c15-7-10-3-1-2-4-11(10)8-17-14(19)12-9-16-6-5-13(12)18/h1-6,9H,7-8,15H2,(H,16,18)(H,17,19). The number of aromatic amines is 1. The van der Waals surface area contributed by atoms with Crippen LogP contribution < -0.4 is 16.5 Å². The molecule has 0 fully saturated rings. The maximum Gasteiger partial charge on any atom is 0.257 e. The molecule has 19 heavy (non-hydrogen) atoms. The van der Waals surface area contributed by atoms with E-state index < -0.39 is 5.91 Å². The molecular formula is C14H15N3O2. The molecule has 0 unspecified atom stereocenters. The van der Waals surface area contributed by atoms with E-state index in [0.717, 1.165) is 11.1 Å². The Balaban J connectivity index is 2.09. The van der Waals surface area contributed by atoms with Gasteiger partial charge < -0.3 is 16.0 Å². The Morgan fingerprint density at radius 3 is 2.63 bits per heavy atom. The first-order chi connectivity index (χ1) is 9.22. The SMILES string of the molecule is NCc1ccccc1CNC(=O)c1c[nH]ccc1=O. The third kappa shape index (κ3) is 3.08. The smallest absolute Gasteiger partial charge is 0.257 e. The molecule has 1 aromatic carbocycles. The summed E-state index contributed by atoms with van der Waals surface area (Å²) >= 11 is 0. The normalized spacial score (nSPS) is 10.2. The van der Waals surface area contributed by atoms with Crippen molar-refractivity contribution in [1.82, 2.24) is 10.3 Å². The number of hydrogen-bond acceptors (Lipinski definition) is 3. The zero-order valence-corrected chi connectivity index (χ0v) is 10.3. The van der Waals surface area contributed by atoms with Gasteiger partial charge in [0, 0.05) is 31.5 Å². The molecule has 4 N–H and O–H groups in total. The zero-order valence-electron chi connectivity index (χ0n) is 10.3. The van der Waals surface area contributed by atoms with Gasteiger partial charge >= 0.3 is 0 Å². The average Bonchev–Trinajstić information content (AvgIpc) is 2.45. The minimum absolute atomic E-state index is 0.104. The Kier molecular flexibility index (Phi) is 4.10. The first kappa shape index (κ1) is 13.0. The number of aromatic nitrogens is 1. The van der Waals surface area contributed by atoms with Crippen LogP contribution in [-0.4, -0.2) is 10.9 Å². The molecule has 1 heterocycles. The predicted molar refractivity (Wildman–Crippen MR) is 72.6 cm³/mol. The lowest BCUT2D eigenvalue weighted by Crippen LogP contribution is -2.28. The van der Waals surface area contributed by atoms with Crippen molar-refractivity contribution in [2.75, 3.05) is 0 Å². The molecule has 1 amide bonds. The number of pyridine rings is 1. The molecule has 0 aliphatic rings. The molecule has 2 aromatic rings. The lowest BCUT2D eigenvalue weighted by molar-refractivity contribution is 0.0949. The molecule has 0 saturated carbocycles. The first-order valence-corrected chi connectivity index (χ1v) is 5.94. The number of H-pyrrole nitrogens is 1. The number of nitrogens with two attached hydrogens (primary N) is 1. The highest BCUT2D eigenvalue weighted by atomic mass is 16.2. The van der Waals surface area contributed by atoms with Gasteiger partial charge in [-0.1, -0.05) is 24.3 Å². The molecule has 0 atom stereocenters. The van der Waals surface area contributed by atoms with E-state index in [1.807, 2.05) is 24.3 Å². The van der Waals surface area contributed by atoms with Crippen molar-refractivity contribution in [3.63, 3.8) is 0 Å². The van der Waals surface area contributed by atoms with Crippen LogP contribution in [0.25, 0.3) is 0 Å². The van der Waals surface area contributed by atoms with Gasteiger partial charge in [0.15, 0.2) is 5.43 Å². The highest BCUT2D eigenvalue weighted by Crippen LogP contribution is 2.07. The summed E-state index contributed by atoms with van der Waals surface area (Å²) in [5.41, 5.74) is 7.35. The minimum atomic E-state index is -0.395. The van der Waals surface area contributed by atoms with Crippen LogP contribution in [-0.2, 0) is 13.1 Å². The van der Waals surface area contributed by atoms with Gasteiger partial charge in [0.1, 0.15) is 5.56 Å². The van der Waals surface area contributed by atoms with Crippen LogP contribution in [0.2, 0.25) is 0 Å². The van der Waals surface area contributed by atoms with Gasteiger partial charge in [0.25, 0.3) is 5.91 Å². The van der Waals surface area contributed by atoms with Crippen molar-refractivity contribution in [3.8, 4) is 0 Å². The second-order valence-electron chi connectivity index (χ2n) is 4.08. The Labute approximate surface area is 110 Å². The quantitative estimate of drug-likeness (QED) is 0.755. The monoisotopic (exact) mass is 257 g/mol. The van der Waals surface area contributed by atoms with Gasteiger partial charge in [-0.15, -0.1) is 0 Å². The van der Waals surface area contributed by atoms with Gasteiger partial charge in [0.2, 0.25) is 0 Å². The van der Waals surface area contributed by atoms with E-state index in [0.29, 0.717) is 13.1 Å². The van der Waals surface area contributed by atoms with E-state index in [9.17, 15) is 9.59 Å². The fraction of sp³-hybridized carbons (Fsp3) is 0.143. The van der Waals surface area contributed by atoms with Crippen LogP contribution in [0, 0.1) is 0 Å². The number of amides is 1. The van der Waals surface area contributed by atoms with E-state index in [-0.39, 0.29) is 11.0 Å². The molecule has 98 valence electrons. The van der Waals surface area contributed by atoms with Crippen LogP contribution in [0.3, 0.4) is 0 Å². The number of rotatable bonds is 4. The van der Waals surface area contributed by atoms with Gasteiger partial charge in [-0.25, -0.2) is 0 Å². The molecule has 0 aliphatic heterocycles. The van der Waals surface area contributed by atoms with Crippen LogP contribution >= 0.6 is 0 Å². The lowest BCUT2D eigenvalue weighted by Gasteiger charge is -2.08. The highest BCUT2D eigenvalue weighted by Gasteiger charge is 2.09. The molecule has 0 saturated heterocycles. The van der Waals surface area contributed by atoms with Crippen LogP contribution in [0.5, 0.6) is 0 Å². The summed E-state index contributed by atoms with van der Waals surface area (Å²) in [5.74, 6) is -0.395. The summed E-state index contributed by atoms with van der Waals surface area (Å²) in [6, 6.07) is 8.92. The fourth-order valence-electron chi connectivity index (χ4n) is 1.79. The van der Waals surface area contributed by atoms with Crippen molar-refractivity contribution < 1.29 is 4.79 Å². The van der Waals surface area contributed by atoms with Crippen molar-refractivity contribution in [3.05, 3.63) is 69.6 Å². The van der Waals surface area contributed by atoms with Gasteiger partial charge in [-0.05, 0) is 11.1 Å². The summed E-state index contributed by atoms with van der Waals surface area (Å²) in [7, 11) is 0. The number of benzene rings is 1. The van der Waals surface area contributed by atoms with Crippen molar-refractivity contribution >= 4 is 5.91 Å². The number of carbonyl (C=O) groups excluding carboxylic acids is 1. The van der Waals surface area contributed by atoms with E-state index in [2.05, 4.69) is 10.3 Å². The maximum absolute atomic E-state index is 11.9. The Bertz CT molecular complexity index is 634. The molecule has 1 aromatic heterocycles. The zero-order chi connectivity index (χ0) is 13.7. The van der Waals surface area contributed by atoms with Crippen LogP contribution in [0.4, 0.5) is 0 Å². The summed E-state index contributed by atoms with van der Waals surface area (Å²) in [4.78, 5) is 26.1. The second kappa shape index (κ2) is 5.97. The molecule has 0 bridgehead atoms. The molecule has 0 aliphatic carbocycles. The second-order valence-corrected chi connectivity index (χ2v) is 4.08. The minimum Gasteiger partial charge on any atom is -0.367 e. The van der Waals surface area contributed by atoms with Crippen LogP contribution in [0.1, 0.15) is 21.5 Å². The van der Waals surface area contributed by atoms with E-state index in [1.54, 1.807) is 0 Å². The number of nitrogens with one attached hydrogen (secondary N) is 2. The largest absolute Gasteiger partial charge is 0.367 e. The topological polar surface area (TPSA) is 88.0 Å². The Hall–Kier alpha value is -2.40. The van der Waals surface area contributed by atoms with Crippen LogP contribution in [0.15, 0.2) is 47.5 Å². The summed E-state index contributed by atoms with van der Waals surface area (Å²) in [6.45, 7) is 0.762. The lowest BCUT2D eigenvalue weighted by atomic mass is 10.1. The molecule has 5 nitrogen and oxygen atoms in total. The average molecular weight is 257 g/mol. The Morgan fingerprint density at radius 1 is 1.21 bits per heavy atom. The third-order valence-electron chi connectivity index (χ3n) is 2.85. The van der Waals surface area contributed by atoms with Crippen molar-refractivity contribution in [2.45, 2.75) is 13.1 Å². The van der Waals surface area contributed by atoms with Gasteiger partial charge in [0.05, 0.1) is 0 Å². The first-order valence-electron chi connectivity index (χ1n) is 5.94. The molecular weight excluding hydrogens is 242 g/mol. The molecule has 0 spiro atoms. The number of carbonyl (C=O) groups is 1. The number of hydrogen-bond donors (Lipinski definition) is 3. The summed E-state index contributed by atoms with van der Waals surface area (Å²) in [6.07, 6.45) is 2.88. The fourth-order valence-corrected chi connectivity index (χ4v) is 1.79. The highest BCUT2D eigenvalue weighted by molar-refractivity contribution is 5.93. The molecule has 2 rings (SSSR count). The Morgan fingerprint density at radius 2 is 1.95 bits per heavy atom. The predicted octanol–water partition coefficient (Wildman–Crippen LogP) is 0.764. The summed E-state index contributed by atoms with van der Waals surface area (Å²) < 4.78 is 0. The molecule has 5 heteroatoms. The van der Waals surface area contributed by atoms with E-state index >= 15 is 0 Å². The van der Waals surface area contributed by atoms with E-state index in [1.165, 1.54) is 18.5 Å². The summed E-state index contributed by atoms with van der Waals surface area (Å²) in [5, 5.41) is 2.72. The van der Waals surface area contributed by atoms with Crippen molar-refractivity contribution in [2.24, 2.45) is 5.73 Å². The van der Waals surface area contributed by atoms with E-state index in [4.69, 9.17) is 5.73 Å². The van der Waals surface area contributed by atoms with Gasteiger partial charge in [-0.3, -0.25) is 9.59 Å². The van der Waals surface area contributed by atoms with Gasteiger partial charge in [-0.2, -0.15) is 0 Å².